The highest BCUT2D eigenvalue weighted by Crippen LogP contribution is 2.36. The van der Waals surface area contributed by atoms with E-state index in [0.29, 0.717) is 5.13 Å². The zero-order chi connectivity index (χ0) is 15.3. The van der Waals surface area contributed by atoms with E-state index in [-0.39, 0.29) is 19.2 Å². The van der Waals surface area contributed by atoms with Crippen molar-refractivity contribution in [2.75, 3.05) is 12.5 Å². The summed E-state index contributed by atoms with van der Waals surface area (Å²) in [6.45, 7) is 4.45. The summed E-state index contributed by atoms with van der Waals surface area (Å²) >= 11 is 1.46. The average molecular weight is 350 g/mol. The average Bonchev–Trinajstić information content (AvgIpc) is 3.18. The SMILES string of the molecule is Cc1cc(-c2csc(N)n2)c(C)n1-c1ccc2c(c1)OCO2.Cl. The molecule has 3 aromatic rings. The number of nitrogen functional groups attached to an aromatic ring is 1. The van der Waals surface area contributed by atoms with Gasteiger partial charge in [-0.15, -0.1) is 23.7 Å². The highest BCUT2D eigenvalue weighted by molar-refractivity contribution is 7.13. The fraction of sp³-hybridized carbons (Fsp3) is 0.188. The van der Waals surface area contributed by atoms with Gasteiger partial charge in [0.1, 0.15) is 0 Å². The van der Waals surface area contributed by atoms with Crippen molar-refractivity contribution >= 4 is 28.9 Å². The number of aryl methyl sites for hydroxylation is 1. The molecule has 2 N–H and O–H groups in total. The number of fused-ring (bicyclic) bond motifs is 1. The van der Waals surface area contributed by atoms with Gasteiger partial charge in [0, 0.05) is 34.1 Å². The highest BCUT2D eigenvalue weighted by atomic mass is 35.5. The third kappa shape index (κ3) is 2.54. The Labute approximate surface area is 144 Å². The summed E-state index contributed by atoms with van der Waals surface area (Å²) < 4.78 is 13.0. The summed E-state index contributed by atoms with van der Waals surface area (Å²) in [5.41, 5.74) is 11.1. The van der Waals surface area contributed by atoms with Crippen molar-refractivity contribution in [1.29, 1.82) is 0 Å². The lowest BCUT2D eigenvalue weighted by Crippen LogP contribution is -1.99. The number of hydrogen-bond acceptors (Lipinski definition) is 5. The summed E-state index contributed by atoms with van der Waals surface area (Å²) in [5.74, 6) is 1.57. The molecule has 3 heterocycles. The van der Waals surface area contributed by atoms with E-state index in [4.69, 9.17) is 15.2 Å². The Morgan fingerprint density at radius 2 is 1.96 bits per heavy atom. The fourth-order valence-corrected chi connectivity index (χ4v) is 3.42. The molecule has 0 unspecified atom stereocenters. The van der Waals surface area contributed by atoms with Crippen molar-refractivity contribution < 1.29 is 9.47 Å². The Hall–Kier alpha value is -2.18. The second kappa shape index (κ2) is 5.79. The smallest absolute Gasteiger partial charge is 0.231 e. The van der Waals surface area contributed by atoms with E-state index in [9.17, 15) is 0 Å². The molecule has 0 amide bonds. The molecule has 1 aromatic carbocycles. The zero-order valence-corrected chi connectivity index (χ0v) is 14.3. The minimum absolute atomic E-state index is 0. The number of thiazole rings is 1. The van der Waals surface area contributed by atoms with Crippen LogP contribution in [-0.4, -0.2) is 16.3 Å². The molecule has 2 aromatic heterocycles. The lowest BCUT2D eigenvalue weighted by atomic mass is 10.2. The van der Waals surface area contributed by atoms with Gasteiger partial charge in [-0.1, -0.05) is 0 Å². The van der Waals surface area contributed by atoms with Crippen LogP contribution in [0.2, 0.25) is 0 Å². The zero-order valence-electron chi connectivity index (χ0n) is 12.7. The van der Waals surface area contributed by atoms with Gasteiger partial charge < -0.3 is 19.8 Å². The minimum atomic E-state index is 0. The predicted octanol–water partition coefficient (Wildman–Crippen LogP) is 3.95. The van der Waals surface area contributed by atoms with Crippen LogP contribution in [0.1, 0.15) is 11.4 Å². The molecule has 1 aliphatic heterocycles. The molecule has 4 rings (SSSR count). The van der Waals surface area contributed by atoms with Crippen molar-refractivity contribution in [2.24, 2.45) is 0 Å². The van der Waals surface area contributed by atoms with E-state index in [1.165, 1.54) is 11.3 Å². The van der Waals surface area contributed by atoms with Crippen molar-refractivity contribution in [3.63, 3.8) is 0 Å². The number of benzene rings is 1. The minimum Gasteiger partial charge on any atom is -0.454 e. The summed E-state index contributed by atoms with van der Waals surface area (Å²) in [4.78, 5) is 4.39. The maximum atomic E-state index is 5.75. The molecule has 0 bridgehead atoms. The summed E-state index contributed by atoms with van der Waals surface area (Å²) in [6.07, 6.45) is 0. The molecular formula is C16H16ClN3O2S. The van der Waals surface area contributed by atoms with Crippen molar-refractivity contribution in [1.82, 2.24) is 9.55 Å². The molecule has 1 aliphatic rings. The highest BCUT2D eigenvalue weighted by Gasteiger charge is 2.18. The lowest BCUT2D eigenvalue weighted by Gasteiger charge is -2.10. The third-order valence-electron chi connectivity index (χ3n) is 3.84. The summed E-state index contributed by atoms with van der Waals surface area (Å²) in [7, 11) is 0. The van der Waals surface area contributed by atoms with Gasteiger partial charge in [0.05, 0.1) is 5.69 Å². The van der Waals surface area contributed by atoms with E-state index < -0.39 is 0 Å². The van der Waals surface area contributed by atoms with E-state index in [1.54, 1.807) is 0 Å². The van der Waals surface area contributed by atoms with E-state index in [1.807, 2.05) is 23.6 Å². The quantitative estimate of drug-likeness (QED) is 0.761. The molecule has 23 heavy (non-hydrogen) atoms. The summed E-state index contributed by atoms with van der Waals surface area (Å²) in [5, 5.41) is 2.57. The molecule has 120 valence electrons. The van der Waals surface area contributed by atoms with Crippen LogP contribution in [0.25, 0.3) is 16.9 Å². The first-order valence-corrected chi connectivity index (χ1v) is 7.82. The van der Waals surface area contributed by atoms with Crippen LogP contribution >= 0.6 is 23.7 Å². The van der Waals surface area contributed by atoms with Crippen molar-refractivity contribution in [2.45, 2.75) is 13.8 Å². The van der Waals surface area contributed by atoms with Gasteiger partial charge in [0.25, 0.3) is 0 Å². The lowest BCUT2D eigenvalue weighted by molar-refractivity contribution is 0.174. The van der Waals surface area contributed by atoms with Gasteiger partial charge in [-0.3, -0.25) is 0 Å². The molecule has 5 nitrogen and oxygen atoms in total. The first kappa shape index (κ1) is 15.7. The molecule has 0 saturated heterocycles. The maximum absolute atomic E-state index is 5.75. The van der Waals surface area contributed by atoms with Gasteiger partial charge in [0.2, 0.25) is 6.79 Å². The van der Waals surface area contributed by atoms with E-state index in [0.717, 1.165) is 39.8 Å². The molecule has 0 radical (unpaired) electrons. The van der Waals surface area contributed by atoms with E-state index in [2.05, 4.69) is 29.5 Å². The second-order valence-electron chi connectivity index (χ2n) is 5.23. The molecular weight excluding hydrogens is 334 g/mol. The largest absolute Gasteiger partial charge is 0.454 e. The van der Waals surface area contributed by atoms with Gasteiger partial charge in [-0.05, 0) is 32.0 Å². The Balaban J connectivity index is 0.00000156. The van der Waals surface area contributed by atoms with E-state index >= 15 is 0 Å². The number of aromatic nitrogens is 2. The van der Waals surface area contributed by atoms with Crippen molar-refractivity contribution in [3.05, 3.63) is 41.0 Å². The predicted molar refractivity (Wildman–Crippen MR) is 94.1 cm³/mol. The third-order valence-corrected chi connectivity index (χ3v) is 4.52. The Bertz CT molecular complexity index is 872. The Kier molecular flexibility index (Phi) is 3.95. The van der Waals surface area contributed by atoms with Crippen LogP contribution in [0.3, 0.4) is 0 Å². The van der Waals surface area contributed by atoms with Crippen LogP contribution in [0.15, 0.2) is 29.6 Å². The molecule has 0 fully saturated rings. The van der Waals surface area contributed by atoms with Crippen LogP contribution in [0, 0.1) is 13.8 Å². The normalized spacial score (nSPS) is 12.3. The number of anilines is 1. The number of hydrogen-bond donors (Lipinski definition) is 1. The second-order valence-corrected chi connectivity index (χ2v) is 6.12. The standard InChI is InChI=1S/C16H15N3O2S.ClH/c1-9-5-12(13-7-22-16(17)18-13)10(2)19(9)11-3-4-14-15(6-11)21-8-20-14;/h3-7H,8H2,1-2H3,(H2,17,18);1H. The maximum Gasteiger partial charge on any atom is 0.231 e. The van der Waals surface area contributed by atoms with Gasteiger partial charge in [0.15, 0.2) is 16.6 Å². The molecule has 7 heteroatoms. The first-order chi connectivity index (χ1) is 10.6. The number of rotatable bonds is 2. The van der Waals surface area contributed by atoms with Crippen LogP contribution in [0.4, 0.5) is 5.13 Å². The number of nitrogens with zero attached hydrogens (tertiary/aromatic N) is 2. The molecule has 0 spiro atoms. The molecule has 0 saturated carbocycles. The van der Waals surface area contributed by atoms with Crippen LogP contribution in [-0.2, 0) is 0 Å². The topological polar surface area (TPSA) is 62.3 Å². The number of halogens is 1. The number of nitrogens with two attached hydrogens (primary N) is 1. The first-order valence-electron chi connectivity index (χ1n) is 6.94. The van der Waals surface area contributed by atoms with Gasteiger partial charge >= 0.3 is 0 Å². The van der Waals surface area contributed by atoms with Gasteiger partial charge in [-0.25, -0.2) is 4.98 Å². The molecule has 0 aliphatic carbocycles. The Morgan fingerprint density at radius 3 is 2.70 bits per heavy atom. The van der Waals surface area contributed by atoms with Gasteiger partial charge in [-0.2, -0.15) is 0 Å². The molecule has 0 atom stereocenters. The van der Waals surface area contributed by atoms with Crippen molar-refractivity contribution in [3.8, 4) is 28.4 Å². The Morgan fingerprint density at radius 1 is 1.17 bits per heavy atom. The number of ether oxygens (including phenoxy) is 2. The van der Waals surface area contributed by atoms with Crippen LogP contribution in [0.5, 0.6) is 11.5 Å². The van der Waals surface area contributed by atoms with Crippen LogP contribution < -0.4 is 15.2 Å². The fourth-order valence-electron chi connectivity index (χ4n) is 2.86. The monoisotopic (exact) mass is 349 g/mol. The summed E-state index contributed by atoms with van der Waals surface area (Å²) in [6, 6.07) is 8.11.